The zero-order chi connectivity index (χ0) is 14.1. The summed E-state index contributed by atoms with van der Waals surface area (Å²) in [5.41, 5.74) is 8.09. The van der Waals surface area contributed by atoms with Crippen LogP contribution in [-0.4, -0.2) is 23.0 Å². The number of hydrogen-bond acceptors (Lipinski definition) is 6. The second kappa shape index (κ2) is 4.90. The van der Waals surface area contributed by atoms with Gasteiger partial charge in [0.15, 0.2) is 0 Å². The zero-order valence-corrected chi connectivity index (χ0v) is 11.5. The third-order valence-corrected chi connectivity index (χ3v) is 4.02. The van der Waals surface area contributed by atoms with Crippen LogP contribution in [0, 0.1) is 0 Å². The molecule has 5 nitrogen and oxygen atoms in total. The summed E-state index contributed by atoms with van der Waals surface area (Å²) in [5, 5.41) is 0.767. The summed E-state index contributed by atoms with van der Waals surface area (Å²) in [6.07, 6.45) is 3.45. The minimum absolute atomic E-state index is 0.387. The first kappa shape index (κ1) is 12.6. The lowest BCUT2D eigenvalue weighted by Crippen LogP contribution is -2.01. The van der Waals surface area contributed by atoms with E-state index in [0.717, 1.165) is 16.6 Å². The lowest BCUT2D eigenvalue weighted by molar-refractivity contribution is 0.0607. The molecule has 0 saturated heterocycles. The summed E-state index contributed by atoms with van der Waals surface area (Å²) in [6, 6.07) is 7.51. The first-order chi connectivity index (χ1) is 9.70. The van der Waals surface area contributed by atoms with E-state index in [0.29, 0.717) is 15.4 Å². The monoisotopic (exact) mass is 285 g/mol. The zero-order valence-electron chi connectivity index (χ0n) is 10.7. The van der Waals surface area contributed by atoms with E-state index in [1.807, 2.05) is 24.3 Å². The molecular weight excluding hydrogens is 274 g/mol. The Labute approximate surface area is 119 Å². The number of nitrogen functional groups attached to an aromatic ring is 1. The summed E-state index contributed by atoms with van der Waals surface area (Å²) in [4.78, 5) is 21.3. The molecule has 0 unspecified atom stereocenters. The van der Waals surface area contributed by atoms with Gasteiger partial charge in [0.1, 0.15) is 9.71 Å². The number of hydrogen-bond donors (Lipinski definition) is 1. The number of nitrogens with zero attached hydrogens (tertiary/aromatic N) is 2. The van der Waals surface area contributed by atoms with Crippen molar-refractivity contribution in [2.24, 2.45) is 0 Å². The van der Waals surface area contributed by atoms with Gasteiger partial charge in [-0.2, -0.15) is 0 Å². The van der Waals surface area contributed by atoms with E-state index in [1.54, 1.807) is 12.4 Å². The lowest BCUT2D eigenvalue weighted by Gasteiger charge is -1.99. The average molecular weight is 285 g/mol. The fraction of sp³-hybridized carbons (Fsp3) is 0.0714. The smallest absolute Gasteiger partial charge is 0.350 e. The van der Waals surface area contributed by atoms with E-state index in [2.05, 4.69) is 9.97 Å². The molecule has 3 heterocycles. The van der Waals surface area contributed by atoms with Crippen LogP contribution in [0.25, 0.3) is 21.5 Å². The first-order valence-electron chi connectivity index (χ1n) is 5.88. The molecule has 0 spiro atoms. The number of fused-ring (bicyclic) bond motifs is 1. The van der Waals surface area contributed by atoms with E-state index in [1.165, 1.54) is 18.4 Å². The molecule has 0 amide bonds. The van der Waals surface area contributed by atoms with Crippen LogP contribution < -0.4 is 5.73 Å². The highest BCUT2D eigenvalue weighted by Gasteiger charge is 2.18. The molecule has 3 rings (SSSR count). The molecule has 0 atom stereocenters. The minimum atomic E-state index is -0.437. The standard InChI is InChI=1S/C14H11N3O2S/c1-19-14(18)12-11(15)9-4-5-10(17-13(9)20-12)8-3-2-6-16-7-8/h2-7H,15H2,1H3. The highest BCUT2D eigenvalue weighted by molar-refractivity contribution is 7.21. The van der Waals surface area contributed by atoms with Gasteiger partial charge >= 0.3 is 5.97 Å². The lowest BCUT2D eigenvalue weighted by atomic mass is 10.1. The van der Waals surface area contributed by atoms with Crippen LogP contribution in [0.2, 0.25) is 0 Å². The average Bonchev–Trinajstić information content (AvgIpc) is 2.84. The number of esters is 1. The second-order valence-corrected chi connectivity index (χ2v) is 5.13. The Morgan fingerprint density at radius 2 is 2.20 bits per heavy atom. The number of carbonyl (C=O) groups is 1. The van der Waals surface area contributed by atoms with Gasteiger partial charge < -0.3 is 10.5 Å². The number of rotatable bonds is 2. The van der Waals surface area contributed by atoms with Crippen LogP contribution in [0.3, 0.4) is 0 Å². The number of ether oxygens (including phenoxy) is 1. The molecule has 6 heteroatoms. The Kier molecular flexibility index (Phi) is 3.08. The second-order valence-electron chi connectivity index (χ2n) is 4.13. The molecule has 0 aromatic carbocycles. The summed E-state index contributed by atoms with van der Waals surface area (Å²) < 4.78 is 4.72. The van der Waals surface area contributed by atoms with E-state index >= 15 is 0 Å². The maximum Gasteiger partial charge on any atom is 0.350 e. The fourth-order valence-electron chi connectivity index (χ4n) is 1.92. The quantitative estimate of drug-likeness (QED) is 0.732. The Balaban J connectivity index is 2.15. The molecule has 0 fully saturated rings. The number of carbonyl (C=O) groups excluding carboxylic acids is 1. The molecule has 0 saturated carbocycles. The van der Waals surface area contributed by atoms with Crippen molar-refractivity contribution in [3.05, 3.63) is 41.5 Å². The van der Waals surface area contributed by atoms with E-state index in [9.17, 15) is 4.79 Å². The van der Waals surface area contributed by atoms with Crippen molar-refractivity contribution in [1.82, 2.24) is 9.97 Å². The van der Waals surface area contributed by atoms with Crippen LogP contribution in [0.15, 0.2) is 36.7 Å². The highest BCUT2D eigenvalue weighted by atomic mass is 32.1. The molecule has 2 N–H and O–H groups in total. The van der Waals surface area contributed by atoms with Crippen molar-refractivity contribution in [2.75, 3.05) is 12.8 Å². The Hall–Kier alpha value is -2.47. The van der Waals surface area contributed by atoms with Crippen LogP contribution in [-0.2, 0) is 4.74 Å². The normalized spacial score (nSPS) is 10.7. The van der Waals surface area contributed by atoms with Crippen molar-refractivity contribution >= 4 is 33.2 Å². The van der Waals surface area contributed by atoms with Gasteiger partial charge in [0, 0.05) is 23.3 Å². The van der Waals surface area contributed by atoms with Gasteiger partial charge in [0.2, 0.25) is 0 Å². The van der Waals surface area contributed by atoms with Gasteiger partial charge in [0.25, 0.3) is 0 Å². The summed E-state index contributed by atoms with van der Waals surface area (Å²) in [7, 11) is 1.33. The minimum Gasteiger partial charge on any atom is -0.465 e. The summed E-state index contributed by atoms with van der Waals surface area (Å²) in [5.74, 6) is -0.437. The number of methoxy groups -OCH3 is 1. The maximum absolute atomic E-state index is 11.6. The van der Waals surface area contributed by atoms with Crippen molar-refractivity contribution in [3.8, 4) is 11.3 Å². The number of nitrogens with two attached hydrogens (primary N) is 1. The van der Waals surface area contributed by atoms with Gasteiger partial charge in [-0.3, -0.25) is 4.98 Å². The van der Waals surface area contributed by atoms with E-state index in [-0.39, 0.29) is 0 Å². The molecule has 0 bridgehead atoms. The van der Waals surface area contributed by atoms with Crippen LogP contribution in [0.4, 0.5) is 5.69 Å². The Morgan fingerprint density at radius 1 is 1.35 bits per heavy atom. The van der Waals surface area contributed by atoms with Crippen molar-refractivity contribution < 1.29 is 9.53 Å². The summed E-state index contributed by atoms with van der Waals surface area (Å²) >= 11 is 1.23. The topological polar surface area (TPSA) is 78.1 Å². The number of thiophene rings is 1. The van der Waals surface area contributed by atoms with Crippen LogP contribution in [0.5, 0.6) is 0 Å². The van der Waals surface area contributed by atoms with Crippen molar-refractivity contribution in [2.45, 2.75) is 0 Å². The Bertz CT molecular complexity index is 784. The van der Waals surface area contributed by atoms with Gasteiger partial charge in [-0.1, -0.05) is 0 Å². The van der Waals surface area contributed by atoms with Crippen molar-refractivity contribution in [3.63, 3.8) is 0 Å². The third-order valence-electron chi connectivity index (χ3n) is 2.92. The molecular formula is C14H11N3O2S. The van der Waals surface area contributed by atoms with Gasteiger partial charge in [-0.25, -0.2) is 9.78 Å². The number of anilines is 1. The molecule has 100 valence electrons. The van der Waals surface area contributed by atoms with Crippen molar-refractivity contribution in [1.29, 1.82) is 0 Å². The van der Waals surface area contributed by atoms with Gasteiger partial charge in [0.05, 0.1) is 18.5 Å². The van der Waals surface area contributed by atoms with Crippen LogP contribution in [0.1, 0.15) is 9.67 Å². The van der Waals surface area contributed by atoms with E-state index in [4.69, 9.17) is 10.5 Å². The molecule has 3 aromatic heterocycles. The number of aromatic nitrogens is 2. The molecule has 0 aliphatic carbocycles. The summed E-state index contributed by atoms with van der Waals surface area (Å²) in [6.45, 7) is 0. The third kappa shape index (κ3) is 2.00. The maximum atomic E-state index is 11.6. The molecule has 0 aliphatic rings. The SMILES string of the molecule is COC(=O)c1sc2nc(-c3cccnc3)ccc2c1N. The van der Waals surface area contributed by atoms with Crippen LogP contribution >= 0.6 is 11.3 Å². The molecule has 0 radical (unpaired) electrons. The highest BCUT2D eigenvalue weighted by Crippen LogP contribution is 2.34. The number of pyridine rings is 2. The largest absolute Gasteiger partial charge is 0.465 e. The molecule has 0 aliphatic heterocycles. The van der Waals surface area contributed by atoms with Gasteiger partial charge in [-0.05, 0) is 24.3 Å². The molecule has 20 heavy (non-hydrogen) atoms. The molecule has 3 aromatic rings. The Morgan fingerprint density at radius 3 is 2.90 bits per heavy atom. The van der Waals surface area contributed by atoms with E-state index < -0.39 is 5.97 Å². The predicted molar refractivity (Wildman–Crippen MR) is 78.6 cm³/mol. The first-order valence-corrected chi connectivity index (χ1v) is 6.70. The predicted octanol–water partition coefficient (Wildman–Crippen LogP) is 2.73. The van der Waals surface area contributed by atoms with Gasteiger partial charge in [-0.15, -0.1) is 11.3 Å². The fourth-order valence-corrected chi connectivity index (χ4v) is 2.93.